The third-order valence-corrected chi connectivity index (χ3v) is 3.37. The van der Waals surface area contributed by atoms with Crippen molar-refractivity contribution in [1.82, 2.24) is 0 Å². The summed E-state index contributed by atoms with van der Waals surface area (Å²) in [4.78, 5) is 49.5. The normalized spacial score (nSPS) is 27.5. The molecule has 1 fully saturated rings. The van der Waals surface area contributed by atoms with Crippen LogP contribution in [0.1, 0.15) is 27.7 Å². The predicted octanol–water partition coefficient (Wildman–Crippen LogP) is -0.857. The molecule has 0 saturated carbocycles. The second kappa shape index (κ2) is 10.2. The number of carbonyl (C=O) groups excluding carboxylic acids is 4. The van der Waals surface area contributed by atoms with Crippen LogP contribution in [0.25, 0.3) is 0 Å². The summed E-state index contributed by atoms with van der Waals surface area (Å²) < 4.78 is 28.5. The van der Waals surface area contributed by atoms with Gasteiger partial charge in [0.15, 0.2) is 0 Å². The van der Waals surface area contributed by atoms with Crippen molar-refractivity contribution in [3.8, 4) is 0 Å². The van der Waals surface area contributed by atoms with Gasteiger partial charge in [-0.15, -0.1) is 0 Å². The fourth-order valence-electron chi connectivity index (χ4n) is 2.36. The van der Waals surface area contributed by atoms with E-state index in [4.69, 9.17) is 23.7 Å². The van der Waals surface area contributed by atoms with Crippen molar-refractivity contribution in [3.05, 3.63) is 0 Å². The van der Waals surface area contributed by atoms with Crippen molar-refractivity contribution in [2.45, 2.75) is 58.3 Å². The summed E-state index contributed by atoms with van der Waals surface area (Å²) in [6, 6.07) is 0. The zero-order valence-electron chi connectivity index (χ0n) is 14.6. The Labute approximate surface area is 157 Å². The Balaban J connectivity index is 3.28. The summed E-state index contributed by atoms with van der Waals surface area (Å²) in [5, 5.41) is 0. The van der Waals surface area contributed by atoms with Gasteiger partial charge in [0.05, 0.1) is 0 Å². The zero-order chi connectivity index (χ0) is 19.9. The summed E-state index contributed by atoms with van der Waals surface area (Å²) in [6.07, 6.45) is -5.75. The Hall–Kier alpha value is -2.06. The SMILES string of the molecule is CC(=O)OCC1O[C@@H](N=C=[Se])C(OC(C)=O)C(OC(C)=O)[C@@H]1OC(C)=O. The molecule has 144 valence electrons. The van der Waals surface area contributed by atoms with Crippen molar-refractivity contribution in [2.75, 3.05) is 6.61 Å². The Bertz CT molecular complexity index is 616. The maximum atomic E-state index is 11.5. The van der Waals surface area contributed by atoms with E-state index in [1.165, 1.54) is 6.92 Å². The Morgan fingerprint density at radius 2 is 1.38 bits per heavy atom. The fraction of sp³-hybridized carbons (Fsp3) is 0.667. The summed E-state index contributed by atoms with van der Waals surface area (Å²) >= 11 is 2.41. The van der Waals surface area contributed by atoms with Gasteiger partial charge in [0, 0.05) is 0 Å². The van der Waals surface area contributed by atoms with Gasteiger partial charge < -0.3 is 0 Å². The number of nitrogens with zero attached hydrogens (tertiary/aromatic N) is 1. The van der Waals surface area contributed by atoms with Gasteiger partial charge in [0.25, 0.3) is 0 Å². The van der Waals surface area contributed by atoms with Crippen molar-refractivity contribution in [3.63, 3.8) is 0 Å². The molecular formula is C15H19NO9Se. The third kappa shape index (κ3) is 6.68. The van der Waals surface area contributed by atoms with Crippen molar-refractivity contribution >= 4 is 44.2 Å². The molecule has 11 heteroatoms. The maximum absolute atomic E-state index is 11.5. The number of esters is 4. The van der Waals surface area contributed by atoms with E-state index in [1.807, 2.05) is 0 Å². The molecular weight excluding hydrogens is 417 g/mol. The van der Waals surface area contributed by atoms with Gasteiger partial charge in [0.2, 0.25) is 0 Å². The van der Waals surface area contributed by atoms with Gasteiger partial charge in [0.1, 0.15) is 0 Å². The zero-order valence-corrected chi connectivity index (χ0v) is 16.3. The van der Waals surface area contributed by atoms with Crippen molar-refractivity contribution in [1.29, 1.82) is 0 Å². The van der Waals surface area contributed by atoms with Crippen LogP contribution in [-0.2, 0) is 42.9 Å². The van der Waals surface area contributed by atoms with E-state index in [1.54, 1.807) is 0 Å². The second-order valence-corrected chi connectivity index (χ2v) is 5.69. The molecule has 1 heterocycles. The molecule has 0 amide bonds. The van der Waals surface area contributed by atoms with Crippen molar-refractivity contribution < 1.29 is 42.9 Å². The molecule has 26 heavy (non-hydrogen) atoms. The molecule has 0 aromatic carbocycles. The van der Waals surface area contributed by atoms with Crippen LogP contribution in [0.4, 0.5) is 0 Å². The number of aliphatic imine (C=N–C) groups is 1. The predicted molar refractivity (Wildman–Crippen MR) is 85.1 cm³/mol. The molecule has 1 aliphatic rings. The van der Waals surface area contributed by atoms with E-state index in [-0.39, 0.29) is 6.61 Å². The molecule has 10 nitrogen and oxygen atoms in total. The second-order valence-electron chi connectivity index (χ2n) is 5.31. The number of hydrogen-bond donors (Lipinski definition) is 0. The molecule has 1 aliphatic heterocycles. The first-order valence-electron chi connectivity index (χ1n) is 7.53. The minimum atomic E-state index is -1.23. The standard InChI is InChI=1S/C15H19NO9Se/c1-7(17)21-5-11-12(22-8(2)18)13(23-9(3)19)14(24-10(4)20)15(25-11)16-6-26/h11-15H,5H2,1-4H3/t11?,12-,13?,14?,15-/m1/s1. The van der Waals surface area contributed by atoms with Crippen molar-refractivity contribution in [2.24, 2.45) is 4.99 Å². The van der Waals surface area contributed by atoms with E-state index in [2.05, 4.69) is 25.3 Å². The molecule has 0 spiro atoms. The average molecular weight is 436 g/mol. The molecule has 1 saturated heterocycles. The van der Waals surface area contributed by atoms with Gasteiger partial charge in [-0.3, -0.25) is 0 Å². The van der Waals surface area contributed by atoms with Crippen LogP contribution < -0.4 is 0 Å². The summed E-state index contributed by atoms with van der Waals surface area (Å²) in [6.45, 7) is 4.34. The summed E-state index contributed by atoms with van der Waals surface area (Å²) in [5.74, 6) is -2.66. The summed E-state index contributed by atoms with van der Waals surface area (Å²) in [5.41, 5.74) is 0. The monoisotopic (exact) mass is 437 g/mol. The van der Waals surface area contributed by atoms with Crippen LogP contribution in [0.15, 0.2) is 4.99 Å². The first-order valence-corrected chi connectivity index (χ1v) is 8.38. The van der Waals surface area contributed by atoms with Gasteiger partial charge in [-0.2, -0.15) is 0 Å². The molecule has 0 bridgehead atoms. The van der Waals surface area contributed by atoms with Gasteiger partial charge in [-0.05, 0) is 0 Å². The van der Waals surface area contributed by atoms with E-state index in [0.717, 1.165) is 20.8 Å². The molecule has 0 aromatic rings. The Kier molecular flexibility index (Phi) is 8.60. The molecule has 5 atom stereocenters. The molecule has 0 aromatic heterocycles. The topological polar surface area (TPSA) is 127 Å². The Morgan fingerprint density at radius 3 is 1.85 bits per heavy atom. The molecule has 0 radical (unpaired) electrons. The van der Waals surface area contributed by atoms with Crippen LogP contribution in [0.2, 0.25) is 0 Å². The van der Waals surface area contributed by atoms with Gasteiger partial charge in [-0.1, -0.05) is 0 Å². The van der Waals surface area contributed by atoms with Crippen LogP contribution >= 0.6 is 0 Å². The van der Waals surface area contributed by atoms with Crippen LogP contribution in [0, 0.1) is 0 Å². The molecule has 3 unspecified atom stereocenters. The average Bonchev–Trinajstić information content (AvgIpc) is 2.50. The number of hydrogen-bond acceptors (Lipinski definition) is 10. The molecule has 0 aliphatic carbocycles. The Morgan fingerprint density at radius 1 is 0.885 bits per heavy atom. The number of carbonyl (C=O) groups is 4. The van der Waals surface area contributed by atoms with E-state index < -0.39 is 54.5 Å². The summed E-state index contributed by atoms with van der Waals surface area (Å²) in [7, 11) is 0. The quantitative estimate of drug-likeness (QED) is 0.226. The first-order chi connectivity index (χ1) is 12.1. The van der Waals surface area contributed by atoms with Crippen LogP contribution in [0.5, 0.6) is 0 Å². The van der Waals surface area contributed by atoms with Crippen LogP contribution in [0.3, 0.4) is 0 Å². The molecule has 0 N–H and O–H groups in total. The number of rotatable bonds is 6. The first kappa shape index (κ1) is 22.0. The molecule has 1 rings (SSSR count). The van der Waals surface area contributed by atoms with Crippen LogP contribution in [-0.4, -0.2) is 81.4 Å². The van der Waals surface area contributed by atoms with Gasteiger partial charge >= 0.3 is 157 Å². The van der Waals surface area contributed by atoms with Gasteiger partial charge in [-0.25, -0.2) is 0 Å². The minimum absolute atomic E-state index is 0.294. The van der Waals surface area contributed by atoms with E-state index in [9.17, 15) is 19.2 Å². The van der Waals surface area contributed by atoms with E-state index in [0.29, 0.717) is 0 Å². The third-order valence-electron chi connectivity index (χ3n) is 3.15. The number of ether oxygens (including phenoxy) is 5. The fourth-order valence-corrected chi connectivity index (χ4v) is 2.58. The van der Waals surface area contributed by atoms with E-state index >= 15 is 0 Å².